The molecule has 1 aromatic carbocycles. The van der Waals surface area contributed by atoms with Crippen molar-refractivity contribution in [3.63, 3.8) is 0 Å². The first-order chi connectivity index (χ1) is 14.4. The number of benzene rings is 1. The van der Waals surface area contributed by atoms with E-state index in [2.05, 4.69) is 26.1 Å². The number of para-hydroxylation sites is 1. The molecule has 3 aromatic rings. The zero-order valence-corrected chi connectivity index (χ0v) is 18.2. The molecule has 0 unspecified atom stereocenters. The zero-order valence-electron chi connectivity index (χ0n) is 18.2. The molecular formula is C24H30N4O2. The Kier molecular flexibility index (Phi) is 5.50. The number of hydrogen-bond donors (Lipinski definition) is 1. The largest absolute Gasteiger partial charge is 0.496 e. The van der Waals surface area contributed by atoms with Crippen molar-refractivity contribution < 1.29 is 9.53 Å². The summed E-state index contributed by atoms with van der Waals surface area (Å²) in [6.45, 7) is 6.33. The van der Waals surface area contributed by atoms with Gasteiger partial charge in [-0.1, -0.05) is 52.2 Å². The van der Waals surface area contributed by atoms with Crippen molar-refractivity contribution in [2.45, 2.75) is 64.3 Å². The van der Waals surface area contributed by atoms with Gasteiger partial charge >= 0.3 is 0 Å². The number of methoxy groups -OCH3 is 1. The molecule has 0 saturated heterocycles. The van der Waals surface area contributed by atoms with Crippen LogP contribution in [0.1, 0.15) is 69.1 Å². The van der Waals surface area contributed by atoms with Crippen LogP contribution >= 0.6 is 0 Å². The Bertz CT molecular complexity index is 1060. The number of ether oxygens (including phenoxy) is 1. The van der Waals surface area contributed by atoms with Gasteiger partial charge in [-0.2, -0.15) is 5.10 Å². The van der Waals surface area contributed by atoms with Crippen LogP contribution in [0.2, 0.25) is 0 Å². The van der Waals surface area contributed by atoms with Gasteiger partial charge in [-0.05, 0) is 31.0 Å². The maximum atomic E-state index is 13.3. The Hall–Kier alpha value is -2.89. The third-order valence-electron chi connectivity index (χ3n) is 5.75. The molecule has 0 spiro atoms. The van der Waals surface area contributed by atoms with Crippen molar-refractivity contribution in [2.24, 2.45) is 0 Å². The number of carbonyl (C=O) groups excluding carboxylic acids is 1. The molecule has 2 heterocycles. The smallest absolute Gasteiger partial charge is 0.270 e. The molecule has 6 nitrogen and oxygen atoms in total. The van der Waals surface area contributed by atoms with E-state index in [1.54, 1.807) is 11.6 Å². The molecule has 30 heavy (non-hydrogen) atoms. The number of carbonyl (C=O) groups is 1. The Morgan fingerprint density at radius 1 is 1.13 bits per heavy atom. The summed E-state index contributed by atoms with van der Waals surface area (Å²) >= 11 is 0. The van der Waals surface area contributed by atoms with Crippen LogP contribution in [0.4, 0.5) is 0 Å². The van der Waals surface area contributed by atoms with E-state index in [1.165, 1.54) is 19.3 Å². The van der Waals surface area contributed by atoms with Gasteiger partial charge in [-0.3, -0.25) is 4.79 Å². The predicted molar refractivity (Wildman–Crippen MR) is 118 cm³/mol. The van der Waals surface area contributed by atoms with Crippen LogP contribution in [0, 0.1) is 0 Å². The lowest BCUT2D eigenvalue weighted by Gasteiger charge is -2.23. The summed E-state index contributed by atoms with van der Waals surface area (Å²) in [4.78, 5) is 18.1. The molecule has 1 amide bonds. The van der Waals surface area contributed by atoms with E-state index in [9.17, 15) is 4.79 Å². The number of nitrogens with zero attached hydrogens (tertiary/aromatic N) is 3. The molecular weight excluding hydrogens is 376 g/mol. The summed E-state index contributed by atoms with van der Waals surface area (Å²) in [5.74, 6) is 0.623. The van der Waals surface area contributed by atoms with Crippen LogP contribution in [0.25, 0.3) is 16.9 Å². The molecule has 1 aliphatic carbocycles. The highest BCUT2D eigenvalue weighted by atomic mass is 16.5. The van der Waals surface area contributed by atoms with Crippen molar-refractivity contribution in [1.29, 1.82) is 0 Å². The zero-order chi connectivity index (χ0) is 21.3. The van der Waals surface area contributed by atoms with Crippen LogP contribution in [-0.4, -0.2) is 33.7 Å². The summed E-state index contributed by atoms with van der Waals surface area (Å²) in [6.07, 6.45) is 5.65. The fourth-order valence-electron chi connectivity index (χ4n) is 4.00. The predicted octanol–water partition coefficient (Wildman–Crippen LogP) is 4.76. The van der Waals surface area contributed by atoms with E-state index < -0.39 is 0 Å². The first-order valence-corrected chi connectivity index (χ1v) is 10.7. The Morgan fingerprint density at radius 3 is 2.57 bits per heavy atom. The Morgan fingerprint density at radius 2 is 1.87 bits per heavy atom. The van der Waals surface area contributed by atoms with Crippen LogP contribution < -0.4 is 10.1 Å². The lowest BCUT2D eigenvalue weighted by molar-refractivity contribution is 0.0920. The average molecular weight is 407 g/mol. The minimum absolute atomic E-state index is 0.103. The second-order valence-electron chi connectivity index (χ2n) is 9.08. The molecule has 1 fully saturated rings. The van der Waals surface area contributed by atoms with Crippen LogP contribution in [-0.2, 0) is 5.41 Å². The molecule has 1 saturated carbocycles. The average Bonchev–Trinajstić information content (AvgIpc) is 3.18. The van der Waals surface area contributed by atoms with Gasteiger partial charge in [0, 0.05) is 23.1 Å². The number of rotatable bonds is 4. The number of nitrogens with one attached hydrogen (secondary N) is 1. The van der Waals surface area contributed by atoms with Gasteiger partial charge in [0.2, 0.25) is 0 Å². The van der Waals surface area contributed by atoms with E-state index in [-0.39, 0.29) is 17.4 Å². The molecule has 1 aliphatic rings. The summed E-state index contributed by atoms with van der Waals surface area (Å²) < 4.78 is 7.21. The van der Waals surface area contributed by atoms with Crippen molar-refractivity contribution in [3.8, 4) is 17.0 Å². The first kappa shape index (κ1) is 20.4. The molecule has 0 bridgehead atoms. The fraction of sp³-hybridized carbons (Fsp3) is 0.458. The highest BCUT2D eigenvalue weighted by molar-refractivity contribution is 5.94. The molecule has 1 N–H and O–H groups in total. The summed E-state index contributed by atoms with van der Waals surface area (Å²) in [6, 6.07) is 11.7. The normalized spacial score (nSPS) is 15.3. The molecule has 4 rings (SSSR count). The molecule has 0 radical (unpaired) electrons. The van der Waals surface area contributed by atoms with Gasteiger partial charge in [0.1, 0.15) is 11.4 Å². The minimum atomic E-state index is -0.143. The van der Waals surface area contributed by atoms with Gasteiger partial charge in [-0.25, -0.2) is 9.50 Å². The SMILES string of the molecule is COc1ccccc1-c1cc(C(=O)NC2CCCCC2)n2nc(C(C)(C)C)cc2n1. The third kappa shape index (κ3) is 4.04. The van der Waals surface area contributed by atoms with Crippen molar-refractivity contribution in [1.82, 2.24) is 19.9 Å². The fourth-order valence-corrected chi connectivity index (χ4v) is 4.00. The molecule has 6 heteroatoms. The second-order valence-corrected chi connectivity index (χ2v) is 9.08. The van der Waals surface area contributed by atoms with E-state index in [0.717, 1.165) is 29.8 Å². The quantitative estimate of drug-likeness (QED) is 0.678. The molecule has 2 aromatic heterocycles. The number of fused-ring (bicyclic) bond motifs is 1. The lowest BCUT2D eigenvalue weighted by atomic mass is 9.93. The van der Waals surface area contributed by atoms with Crippen LogP contribution in [0.15, 0.2) is 36.4 Å². The van der Waals surface area contributed by atoms with Gasteiger partial charge in [-0.15, -0.1) is 0 Å². The number of hydrogen-bond acceptors (Lipinski definition) is 4. The van der Waals surface area contributed by atoms with E-state index in [1.807, 2.05) is 36.4 Å². The van der Waals surface area contributed by atoms with Crippen molar-refractivity contribution in [3.05, 3.63) is 47.8 Å². The second kappa shape index (κ2) is 8.09. The van der Waals surface area contributed by atoms with Gasteiger partial charge in [0.15, 0.2) is 5.65 Å². The lowest BCUT2D eigenvalue weighted by Crippen LogP contribution is -2.37. The van der Waals surface area contributed by atoms with Crippen LogP contribution in [0.3, 0.4) is 0 Å². The molecule has 0 aliphatic heterocycles. The highest BCUT2D eigenvalue weighted by Crippen LogP contribution is 2.30. The minimum Gasteiger partial charge on any atom is -0.496 e. The Labute approximate surface area is 177 Å². The Balaban J connectivity index is 1.83. The number of amides is 1. The van der Waals surface area contributed by atoms with Gasteiger partial charge in [0.05, 0.1) is 18.5 Å². The van der Waals surface area contributed by atoms with E-state index in [4.69, 9.17) is 14.8 Å². The van der Waals surface area contributed by atoms with E-state index >= 15 is 0 Å². The first-order valence-electron chi connectivity index (χ1n) is 10.7. The van der Waals surface area contributed by atoms with Gasteiger partial charge < -0.3 is 10.1 Å². The van der Waals surface area contributed by atoms with Gasteiger partial charge in [0.25, 0.3) is 5.91 Å². The summed E-state index contributed by atoms with van der Waals surface area (Å²) in [7, 11) is 1.64. The maximum Gasteiger partial charge on any atom is 0.270 e. The topological polar surface area (TPSA) is 68.5 Å². The summed E-state index contributed by atoms with van der Waals surface area (Å²) in [5.41, 5.74) is 3.48. The monoisotopic (exact) mass is 406 g/mol. The van der Waals surface area contributed by atoms with Crippen LogP contribution in [0.5, 0.6) is 5.75 Å². The summed E-state index contributed by atoms with van der Waals surface area (Å²) in [5, 5.41) is 7.96. The highest BCUT2D eigenvalue weighted by Gasteiger charge is 2.24. The number of aromatic nitrogens is 3. The maximum absolute atomic E-state index is 13.3. The van der Waals surface area contributed by atoms with Crippen molar-refractivity contribution in [2.75, 3.05) is 7.11 Å². The standard InChI is InChI=1S/C24H30N4O2/c1-24(2,3)21-15-22-26-18(17-12-8-9-13-20(17)30-4)14-19(28(22)27-21)23(29)25-16-10-6-5-7-11-16/h8-9,12-16H,5-7,10-11H2,1-4H3,(H,25,29). The third-order valence-corrected chi connectivity index (χ3v) is 5.75. The van der Waals surface area contributed by atoms with Crippen molar-refractivity contribution >= 4 is 11.6 Å². The van der Waals surface area contributed by atoms with E-state index in [0.29, 0.717) is 17.0 Å². The molecule has 158 valence electrons. The molecule has 0 atom stereocenters.